The number of hydrogen-bond donors (Lipinski definition) is 0. The summed E-state index contributed by atoms with van der Waals surface area (Å²) in [6, 6.07) is 6.50. The Balaban J connectivity index is 4.36. The highest BCUT2D eigenvalue weighted by Crippen LogP contribution is 2.26. The third-order valence-electron chi connectivity index (χ3n) is 2.54. The molecule has 0 heterocycles. The van der Waals surface area contributed by atoms with E-state index in [1.54, 1.807) is 0 Å². The van der Waals surface area contributed by atoms with Crippen LogP contribution in [0.4, 0.5) is 0 Å². The molecule has 0 rings (SSSR count). The highest BCUT2D eigenvalue weighted by atomic mass is 28.4. The maximum Gasteiger partial charge on any atom is 0.176 e. The molecule has 0 amide bonds. The fourth-order valence-corrected chi connectivity index (χ4v) is 10.9. The summed E-state index contributed by atoms with van der Waals surface area (Å²) in [6.07, 6.45) is 3.12. The molecular weight excluding hydrogens is 244 g/mol. The largest absolute Gasteiger partial charge is 0.456 e. The molecule has 0 saturated carbocycles. The molecule has 96 valence electrons. The minimum Gasteiger partial charge on any atom is -0.456 e. The van der Waals surface area contributed by atoms with Crippen LogP contribution in [0.3, 0.4) is 0 Å². The fourth-order valence-electron chi connectivity index (χ4n) is 2.05. The van der Waals surface area contributed by atoms with E-state index in [0.29, 0.717) is 12.8 Å². The molecule has 0 unspecified atom stereocenters. The summed E-state index contributed by atoms with van der Waals surface area (Å²) < 4.78 is 6.38. The van der Waals surface area contributed by atoms with Gasteiger partial charge in [0.2, 0.25) is 0 Å². The summed E-state index contributed by atoms with van der Waals surface area (Å²) in [6.45, 7) is 8.91. The van der Waals surface area contributed by atoms with E-state index >= 15 is 0 Å². The van der Waals surface area contributed by atoms with Gasteiger partial charge in [-0.05, 0) is 51.1 Å². The minimum atomic E-state index is -1.70. The lowest BCUT2D eigenvalue weighted by Gasteiger charge is -2.34. The predicted molar refractivity (Wildman–Crippen MR) is 75.4 cm³/mol. The van der Waals surface area contributed by atoms with Crippen molar-refractivity contribution in [2.75, 3.05) is 0 Å². The van der Waals surface area contributed by atoms with Crippen molar-refractivity contribution >= 4 is 16.6 Å². The van der Waals surface area contributed by atoms with E-state index in [0.717, 1.165) is 24.9 Å². The van der Waals surface area contributed by atoms with Crippen LogP contribution in [0.25, 0.3) is 0 Å². The van der Waals surface area contributed by atoms with E-state index in [-0.39, 0.29) is 0 Å². The summed E-state index contributed by atoms with van der Waals surface area (Å²) in [7, 11) is -3.22. The summed E-state index contributed by atoms with van der Waals surface area (Å²) >= 11 is 0. The third-order valence-corrected chi connectivity index (χ3v) is 9.78. The molecule has 0 aliphatic heterocycles. The van der Waals surface area contributed by atoms with Gasteiger partial charge in [-0.25, -0.2) is 0 Å². The standard InChI is InChI=1S/C12H24N2OSi2/c1-16(2,3)15-17(4,11-7-5-9-13)12-8-6-10-14/h5-8,11-12H2,1-4H3. The van der Waals surface area contributed by atoms with E-state index in [9.17, 15) is 0 Å². The SMILES string of the molecule is C[Si](C)(C)O[Si](C)(CCCC#N)CCCC#N. The number of unbranched alkanes of at least 4 members (excludes halogenated alkanes) is 2. The first-order valence-electron chi connectivity index (χ1n) is 6.27. The van der Waals surface area contributed by atoms with Crippen LogP contribution in [-0.4, -0.2) is 16.6 Å². The van der Waals surface area contributed by atoms with Gasteiger partial charge in [0.25, 0.3) is 0 Å². The van der Waals surface area contributed by atoms with Crippen LogP contribution in [0.1, 0.15) is 25.7 Å². The Morgan fingerprint density at radius 3 is 1.59 bits per heavy atom. The Kier molecular flexibility index (Phi) is 7.37. The summed E-state index contributed by atoms with van der Waals surface area (Å²) in [5.41, 5.74) is 0. The highest BCUT2D eigenvalue weighted by Gasteiger charge is 2.33. The minimum absolute atomic E-state index is 0.621. The highest BCUT2D eigenvalue weighted by molar-refractivity contribution is 6.84. The maximum absolute atomic E-state index is 8.60. The van der Waals surface area contributed by atoms with Crippen molar-refractivity contribution in [1.82, 2.24) is 0 Å². The lowest BCUT2D eigenvalue weighted by atomic mass is 10.4. The molecular formula is C12H24N2OSi2. The van der Waals surface area contributed by atoms with Gasteiger partial charge in [0, 0.05) is 12.8 Å². The van der Waals surface area contributed by atoms with Crippen molar-refractivity contribution in [2.24, 2.45) is 0 Å². The van der Waals surface area contributed by atoms with Crippen molar-refractivity contribution in [3.8, 4) is 12.1 Å². The summed E-state index contributed by atoms with van der Waals surface area (Å²) in [5, 5.41) is 17.2. The zero-order chi connectivity index (χ0) is 13.4. The van der Waals surface area contributed by atoms with E-state index in [1.165, 1.54) is 0 Å². The molecule has 0 radical (unpaired) electrons. The summed E-state index contributed by atoms with van der Waals surface area (Å²) in [5.74, 6) is 0. The Morgan fingerprint density at radius 1 is 0.882 bits per heavy atom. The first kappa shape index (κ1) is 16.4. The van der Waals surface area contributed by atoms with Gasteiger partial charge in [-0.15, -0.1) is 0 Å². The van der Waals surface area contributed by atoms with Gasteiger partial charge in [-0.1, -0.05) is 0 Å². The van der Waals surface area contributed by atoms with Gasteiger partial charge in [-0.2, -0.15) is 10.5 Å². The zero-order valence-electron chi connectivity index (χ0n) is 11.5. The van der Waals surface area contributed by atoms with Crippen LogP contribution in [0.5, 0.6) is 0 Å². The van der Waals surface area contributed by atoms with Crippen LogP contribution in [0.15, 0.2) is 0 Å². The molecule has 0 spiro atoms. The van der Waals surface area contributed by atoms with Crippen molar-refractivity contribution in [3.63, 3.8) is 0 Å². The van der Waals surface area contributed by atoms with Crippen LogP contribution < -0.4 is 0 Å². The third kappa shape index (κ3) is 9.11. The number of nitrogens with zero attached hydrogens (tertiary/aromatic N) is 2. The van der Waals surface area contributed by atoms with Gasteiger partial charge in [0.1, 0.15) is 0 Å². The second kappa shape index (κ2) is 7.65. The van der Waals surface area contributed by atoms with Gasteiger partial charge >= 0.3 is 0 Å². The molecule has 0 fully saturated rings. The molecule has 0 aliphatic carbocycles. The molecule has 0 bridgehead atoms. The molecule has 0 aliphatic rings. The van der Waals surface area contributed by atoms with Gasteiger partial charge in [0.15, 0.2) is 16.6 Å². The van der Waals surface area contributed by atoms with E-state index < -0.39 is 16.6 Å². The van der Waals surface area contributed by atoms with Crippen LogP contribution in [0.2, 0.25) is 38.3 Å². The Labute approximate surface area is 108 Å². The second-order valence-electron chi connectivity index (χ2n) is 5.69. The molecule has 0 aromatic rings. The molecule has 5 heteroatoms. The summed E-state index contributed by atoms with van der Waals surface area (Å²) in [4.78, 5) is 0. The number of rotatable bonds is 8. The monoisotopic (exact) mass is 268 g/mol. The molecule has 0 atom stereocenters. The van der Waals surface area contributed by atoms with E-state index in [2.05, 4.69) is 38.3 Å². The number of nitriles is 2. The molecule has 0 aromatic heterocycles. The number of hydrogen-bond acceptors (Lipinski definition) is 3. The molecule has 0 N–H and O–H groups in total. The average molecular weight is 269 g/mol. The van der Waals surface area contributed by atoms with Gasteiger partial charge < -0.3 is 4.12 Å². The van der Waals surface area contributed by atoms with Crippen LogP contribution in [-0.2, 0) is 4.12 Å². The van der Waals surface area contributed by atoms with Crippen molar-refractivity contribution in [2.45, 2.75) is 64.0 Å². The quantitative estimate of drug-likeness (QED) is 0.493. The van der Waals surface area contributed by atoms with Crippen LogP contribution in [0, 0.1) is 22.7 Å². The maximum atomic E-state index is 8.60. The Hall–Kier alpha value is -0.626. The zero-order valence-corrected chi connectivity index (χ0v) is 13.5. The van der Waals surface area contributed by atoms with Crippen molar-refractivity contribution in [1.29, 1.82) is 10.5 Å². The lowest BCUT2D eigenvalue weighted by molar-refractivity contribution is 0.529. The average Bonchev–Trinajstić information content (AvgIpc) is 2.15. The van der Waals surface area contributed by atoms with Gasteiger partial charge in [-0.3, -0.25) is 0 Å². The first-order chi connectivity index (χ1) is 7.83. The van der Waals surface area contributed by atoms with E-state index in [1.807, 2.05) is 0 Å². The molecule has 3 nitrogen and oxygen atoms in total. The van der Waals surface area contributed by atoms with Crippen molar-refractivity contribution < 1.29 is 4.12 Å². The molecule has 0 aromatic carbocycles. The van der Waals surface area contributed by atoms with Gasteiger partial charge in [0.05, 0.1) is 12.1 Å². The smallest absolute Gasteiger partial charge is 0.176 e. The van der Waals surface area contributed by atoms with Crippen molar-refractivity contribution in [3.05, 3.63) is 0 Å². The topological polar surface area (TPSA) is 56.8 Å². The Bertz CT molecular complexity index is 279. The Morgan fingerprint density at radius 2 is 1.29 bits per heavy atom. The lowest BCUT2D eigenvalue weighted by Crippen LogP contribution is -2.44. The fraction of sp³-hybridized carbons (Fsp3) is 0.833. The second-order valence-corrected chi connectivity index (χ2v) is 14.6. The predicted octanol–water partition coefficient (Wildman–Crippen LogP) is 4.02. The first-order valence-corrected chi connectivity index (χ1v) is 12.5. The molecule has 0 saturated heterocycles. The van der Waals surface area contributed by atoms with Crippen LogP contribution >= 0.6 is 0 Å². The normalized spacial score (nSPS) is 11.9. The molecule has 17 heavy (non-hydrogen) atoms. The van der Waals surface area contributed by atoms with E-state index in [4.69, 9.17) is 14.6 Å².